The smallest absolute Gasteiger partial charge is 0.458 e. The third-order valence-electron chi connectivity index (χ3n) is 8.23. The lowest BCUT2D eigenvalue weighted by Crippen LogP contribution is -2.49. The van der Waals surface area contributed by atoms with Gasteiger partial charge in [0.15, 0.2) is 0 Å². The summed E-state index contributed by atoms with van der Waals surface area (Å²) in [5.74, 6) is -2.87. The van der Waals surface area contributed by atoms with E-state index >= 15 is 0 Å². The molecule has 326 valence electrons. The van der Waals surface area contributed by atoms with E-state index in [9.17, 15) is 23.7 Å². The van der Waals surface area contributed by atoms with Crippen molar-refractivity contribution in [2.45, 2.75) is 186 Å². The molecule has 5 unspecified atom stereocenters. The highest BCUT2D eigenvalue weighted by Gasteiger charge is 2.48. The molecule has 0 amide bonds. The van der Waals surface area contributed by atoms with Crippen molar-refractivity contribution in [1.82, 2.24) is 0 Å². The second-order valence-electron chi connectivity index (χ2n) is 18.3. The number of ether oxygens (including phenoxy) is 4. The van der Waals surface area contributed by atoms with Crippen molar-refractivity contribution in [1.29, 1.82) is 0 Å². The lowest BCUT2D eigenvalue weighted by Gasteiger charge is -2.31. The Hall–Kier alpha value is -2.53. The van der Waals surface area contributed by atoms with Crippen LogP contribution in [-0.2, 0) is 56.3 Å². The molecule has 0 fully saturated rings. The molecule has 0 rings (SSSR count). The zero-order valence-electron chi connectivity index (χ0n) is 38.0. The summed E-state index contributed by atoms with van der Waals surface area (Å²) in [6.07, 6.45) is 3.98. The zero-order valence-corrected chi connectivity index (χ0v) is 38.9. The minimum Gasteiger partial charge on any atom is -0.458 e. The highest BCUT2D eigenvalue weighted by atomic mass is 31.2. The van der Waals surface area contributed by atoms with Gasteiger partial charge in [0, 0.05) is 5.57 Å². The molecule has 0 aromatic rings. The summed E-state index contributed by atoms with van der Waals surface area (Å²) in [6.45, 7) is 32.3. The Morgan fingerprint density at radius 2 is 1.07 bits per heavy atom. The fraction of sp³-hybridized carbons (Fsp3) is 0.814. The molecular formula is C43H77O12P. The van der Waals surface area contributed by atoms with E-state index in [-0.39, 0.29) is 31.1 Å². The van der Waals surface area contributed by atoms with Crippen molar-refractivity contribution >= 4 is 31.7 Å². The van der Waals surface area contributed by atoms with Gasteiger partial charge in [-0.2, -0.15) is 0 Å². The lowest BCUT2D eigenvalue weighted by molar-refractivity contribution is -0.193. The Bertz CT molecular complexity index is 1350. The Kier molecular flexibility index (Phi) is 22.7. The van der Waals surface area contributed by atoms with Crippen LogP contribution in [0.4, 0.5) is 0 Å². The molecular weight excluding hydrogens is 739 g/mol. The van der Waals surface area contributed by atoms with Crippen LogP contribution >= 0.6 is 7.82 Å². The highest BCUT2D eigenvalue weighted by molar-refractivity contribution is 7.48. The molecule has 0 aromatic carbocycles. The molecule has 0 N–H and O–H groups in total. The summed E-state index contributed by atoms with van der Waals surface area (Å²) in [6, 6.07) is 0. The van der Waals surface area contributed by atoms with E-state index in [1.54, 1.807) is 68.4 Å². The number of carbonyl (C=O) groups excluding carboxylic acids is 4. The molecule has 13 heteroatoms. The summed E-state index contributed by atoms with van der Waals surface area (Å²) in [7, 11) is -4.49. The molecule has 12 nitrogen and oxygen atoms in total. The minimum absolute atomic E-state index is 0.130. The van der Waals surface area contributed by atoms with E-state index in [0.29, 0.717) is 17.8 Å². The second kappa shape index (κ2) is 23.8. The zero-order chi connectivity index (χ0) is 43.8. The SMILES string of the molecule is CCOP(=O)(OCC)O[C@H](C(=O)OC(C)(C)C)[C@H](OC(=O)C(C)C/C(=C/C(C)=C/C(C)CC(C)CC(C)CC(C)CC)C(=O)OC(C)(C)C)C(=O)OC(C)(C)C. The predicted molar refractivity (Wildman–Crippen MR) is 220 cm³/mol. The molecule has 0 saturated heterocycles. The van der Waals surface area contributed by atoms with Gasteiger partial charge in [-0.25, -0.2) is 18.9 Å². The van der Waals surface area contributed by atoms with Gasteiger partial charge in [0.25, 0.3) is 0 Å². The number of allylic oxidation sites excluding steroid dienone is 3. The number of hydrogen-bond acceptors (Lipinski definition) is 12. The van der Waals surface area contributed by atoms with Crippen LogP contribution in [0.15, 0.2) is 23.3 Å². The third-order valence-corrected chi connectivity index (χ3v) is 9.87. The quantitative estimate of drug-likeness (QED) is 0.0317. The van der Waals surface area contributed by atoms with Gasteiger partial charge in [-0.05, 0) is 139 Å². The molecule has 56 heavy (non-hydrogen) atoms. The molecule has 0 heterocycles. The van der Waals surface area contributed by atoms with Gasteiger partial charge >= 0.3 is 31.7 Å². The van der Waals surface area contributed by atoms with E-state index in [0.717, 1.165) is 18.4 Å². The van der Waals surface area contributed by atoms with Gasteiger partial charge in [0.05, 0.1) is 19.1 Å². The monoisotopic (exact) mass is 817 g/mol. The number of rotatable bonds is 23. The second-order valence-corrected chi connectivity index (χ2v) is 20.0. The van der Waals surface area contributed by atoms with E-state index in [4.69, 9.17) is 32.5 Å². The molecule has 0 aliphatic rings. The number of esters is 4. The first-order chi connectivity index (χ1) is 25.4. The van der Waals surface area contributed by atoms with E-state index in [1.807, 2.05) is 6.92 Å². The van der Waals surface area contributed by atoms with Crippen LogP contribution in [0.3, 0.4) is 0 Å². The molecule has 0 saturated carbocycles. The molecule has 0 radical (unpaired) electrons. The van der Waals surface area contributed by atoms with Crippen LogP contribution < -0.4 is 0 Å². The van der Waals surface area contributed by atoms with Crippen molar-refractivity contribution in [2.75, 3.05) is 13.2 Å². The summed E-state index contributed by atoms with van der Waals surface area (Å²) >= 11 is 0. The van der Waals surface area contributed by atoms with E-state index in [1.165, 1.54) is 33.6 Å². The van der Waals surface area contributed by atoms with Crippen LogP contribution in [-0.4, -0.2) is 66.1 Å². The van der Waals surface area contributed by atoms with Crippen LogP contribution in [0.5, 0.6) is 0 Å². The van der Waals surface area contributed by atoms with E-state index < -0.39 is 66.6 Å². The molecule has 0 aliphatic heterocycles. The van der Waals surface area contributed by atoms with Crippen molar-refractivity contribution in [3.63, 3.8) is 0 Å². The van der Waals surface area contributed by atoms with Gasteiger partial charge in [-0.15, -0.1) is 0 Å². The van der Waals surface area contributed by atoms with Crippen molar-refractivity contribution < 1.29 is 56.3 Å². The molecule has 0 aromatic heterocycles. The van der Waals surface area contributed by atoms with Gasteiger partial charge in [-0.3, -0.25) is 18.4 Å². The maximum Gasteiger partial charge on any atom is 0.475 e. The molecule has 0 aliphatic carbocycles. The number of carbonyl (C=O) groups is 4. The first kappa shape index (κ1) is 53.5. The van der Waals surface area contributed by atoms with Crippen LogP contribution in [0, 0.1) is 29.6 Å². The Morgan fingerprint density at radius 3 is 1.52 bits per heavy atom. The van der Waals surface area contributed by atoms with Crippen molar-refractivity contribution in [3.8, 4) is 0 Å². The Labute approximate surface area is 339 Å². The number of phosphoric ester groups is 1. The highest BCUT2D eigenvalue weighted by Crippen LogP contribution is 2.51. The summed E-state index contributed by atoms with van der Waals surface area (Å²) < 4.78 is 52.2. The van der Waals surface area contributed by atoms with E-state index in [2.05, 4.69) is 40.7 Å². The maximum atomic E-state index is 13.9. The average Bonchev–Trinajstić information content (AvgIpc) is 2.99. The van der Waals surface area contributed by atoms with Crippen LogP contribution in [0.1, 0.15) is 157 Å². The average molecular weight is 817 g/mol. The topological polar surface area (TPSA) is 150 Å². The molecule has 7 atom stereocenters. The summed E-state index contributed by atoms with van der Waals surface area (Å²) in [4.78, 5) is 54.8. The van der Waals surface area contributed by atoms with Gasteiger partial charge in [0.1, 0.15) is 16.8 Å². The van der Waals surface area contributed by atoms with Gasteiger partial charge < -0.3 is 18.9 Å². The fourth-order valence-electron chi connectivity index (χ4n) is 6.14. The summed E-state index contributed by atoms with van der Waals surface area (Å²) in [5.41, 5.74) is -1.96. The van der Waals surface area contributed by atoms with Crippen molar-refractivity contribution in [2.24, 2.45) is 29.6 Å². The molecule has 0 spiro atoms. The summed E-state index contributed by atoms with van der Waals surface area (Å²) in [5, 5.41) is 0. The lowest BCUT2D eigenvalue weighted by atomic mass is 9.84. The van der Waals surface area contributed by atoms with Crippen molar-refractivity contribution in [3.05, 3.63) is 23.3 Å². The van der Waals surface area contributed by atoms with Gasteiger partial charge in [0.2, 0.25) is 12.2 Å². The maximum absolute atomic E-state index is 13.9. The fourth-order valence-corrected chi connectivity index (χ4v) is 7.44. The largest absolute Gasteiger partial charge is 0.475 e. The standard InChI is InChI=1S/C43H77O12P/c1-19-28(4)22-29(5)23-30(6)24-31(7)25-32(8)26-34(38(45)52-41(10,11)12)27-33(9)37(44)51-35(39(46)53-42(13,14)15)36(40(47)54-43(16,17)18)55-56(48,49-20-2)50-21-3/h25-26,28-31,33,35-36H,19-24,27H2,1-18H3/b32-25+,34-26-/t28?,29?,30?,31?,33?,35-,36-/m0/s1. The van der Waals surface area contributed by atoms with Crippen LogP contribution in [0.2, 0.25) is 0 Å². The number of hydrogen-bond donors (Lipinski definition) is 0. The first-order valence-electron chi connectivity index (χ1n) is 20.3. The Morgan fingerprint density at radius 1 is 0.625 bits per heavy atom. The normalized spacial score (nSPS) is 17.2. The van der Waals surface area contributed by atoms with Gasteiger partial charge in [-0.1, -0.05) is 59.6 Å². The van der Waals surface area contributed by atoms with Crippen LogP contribution in [0.25, 0.3) is 0 Å². The Balaban J connectivity index is 6.78. The first-order valence-corrected chi connectivity index (χ1v) is 21.8. The number of phosphoric acid groups is 1. The predicted octanol–water partition coefficient (Wildman–Crippen LogP) is 10.5. The molecule has 0 bridgehead atoms. The third kappa shape index (κ3) is 23.0. The minimum atomic E-state index is -4.49.